The molecule has 0 saturated carbocycles. The van der Waals surface area contributed by atoms with Gasteiger partial charge in [-0.15, -0.1) is 24.0 Å². The molecule has 162 valence electrons. The highest BCUT2D eigenvalue weighted by atomic mass is 127. The third-order valence-electron chi connectivity index (χ3n) is 4.95. The Kier molecular flexibility index (Phi) is 8.15. The second-order valence-electron chi connectivity index (χ2n) is 7.11. The van der Waals surface area contributed by atoms with Gasteiger partial charge in [-0.05, 0) is 42.7 Å². The highest BCUT2D eigenvalue weighted by molar-refractivity contribution is 14.0. The van der Waals surface area contributed by atoms with Gasteiger partial charge in [0.15, 0.2) is 12.8 Å². The first-order valence-corrected chi connectivity index (χ1v) is 10.0. The molecule has 2 aromatic carbocycles. The summed E-state index contributed by atoms with van der Waals surface area (Å²) in [6.45, 7) is 4.54. The Labute approximate surface area is 193 Å². The van der Waals surface area contributed by atoms with Gasteiger partial charge < -0.3 is 24.8 Å². The van der Waals surface area contributed by atoms with Crippen LogP contribution >= 0.6 is 24.0 Å². The van der Waals surface area contributed by atoms with Crippen molar-refractivity contribution in [3.05, 3.63) is 58.9 Å². The van der Waals surface area contributed by atoms with E-state index in [-0.39, 0.29) is 42.7 Å². The lowest BCUT2D eigenvalue weighted by Gasteiger charge is -2.21. The fourth-order valence-corrected chi connectivity index (χ4v) is 3.65. The van der Waals surface area contributed by atoms with E-state index < -0.39 is 0 Å². The maximum absolute atomic E-state index is 13.9. The highest BCUT2D eigenvalue weighted by Gasteiger charge is 2.22. The first kappa shape index (κ1) is 22.6. The first-order chi connectivity index (χ1) is 14.2. The third-order valence-corrected chi connectivity index (χ3v) is 4.95. The zero-order valence-corrected chi connectivity index (χ0v) is 19.3. The zero-order chi connectivity index (χ0) is 20.1. The maximum atomic E-state index is 13.9. The van der Waals surface area contributed by atoms with E-state index in [0.717, 1.165) is 41.6 Å². The summed E-state index contributed by atoms with van der Waals surface area (Å²) in [6.07, 6.45) is 1.54. The molecule has 0 aromatic heterocycles. The van der Waals surface area contributed by atoms with E-state index >= 15 is 0 Å². The number of benzene rings is 2. The third kappa shape index (κ3) is 5.54. The fourth-order valence-electron chi connectivity index (χ4n) is 3.65. The molecule has 0 saturated heterocycles. The molecule has 1 unspecified atom stereocenters. The molecule has 0 aliphatic carbocycles. The topological polar surface area (TPSA) is 64.1 Å². The highest BCUT2D eigenvalue weighted by Crippen LogP contribution is 2.30. The van der Waals surface area contributed by atoms with Gasteiger partial charge >= 0.3 is 0 Å². The Morgan fingerprint density at radius 2 is 2.07 bits per heavy atom. The van der Waals surface area contributed by atoms with Crippen LogP contribution in [0.1, 0.15) is 23.6 Å². The molecule has 2 heterocycles. The summed E-state index contributed by atoms with van der Waals surface area (Å²) in [7, 11) is 0. The Morgan fingerprint density at radius 3 is 2.90 bits per heavy atom. The van der Waals surface area contributed by atoms with Gasteiger partial charge in [0.1, 0.15) is 23.4 Å². The van der Waals surface area contributed by atoms with Crippen molar-refractivity contribution in [1.29, 1.82) is 0 Å². The summed E-state index contributed by atoms with van der Waals surface area (Å²) in [6, 6.07) is 11.1. The lowest BCUT2D eigenvalue weighted by Crippen LogP contribution is -2.39. The van der Waals surface area contributed by atoms with Gasteiger partial charge in [0.25, 0.3) is 0 Å². The number of ether oxygens (including phenoxy) is 3. The largest absolute Gasteiger partial charge is 0.488 e. The van der Waals surface area contributed by atoms with Gasteiger partial charge in [0.05, 0.1) is 13.2 Å². The summed E-state index contributed by atoms with van der Waals surface area (Å²) in [5.74, 6) is 2.14. The van der Waals surface area contributed by atoms with Gasteiger partial charge in [0.2, 0.25) is 0 Å². The van der Waals surface area contributed by atoms with Crippen LogP contribution in [-0.4, -0.2) is 38.5 Å². The van der Waals surface area contributed by atoms with Gasteiger partial charge in [-0.2, -0.15) is 0 Å². The van der Waals surface area contributed by atoms with Crippen molar-refractivity contribution in [1.82, 2.24) is 10.6 Å². The number of nitrogens with one attached hydrogen (secondary N) is 2. The summed E-state index contributed by atoms with van der Waals surface area (Å²) in [5, 5.41) is 6.56. The Hall–Kier alpha value is -2.07. The second kappa shape index (κ2) is 10.8. The lowest BCUT2D eigenvalue weighted by molar-refractivity contribution is -0.0172. The molecule has 30 heavy (non-hydrogen) atoms. The molecule has 4 rings (SSSR count). The molecule has 8 heteroatoms. The van der Waals surface area contributed by atoms with Gasteiger partial charge in [0, 0.05) is 25.1 Å². The van der Waals surface area contributed by atoms with E-state index in [4.69, 9.17) is 14.2 Å². The van der Waals surface area contributed by atoms with Crippen LogP contribution in [0.3, 0.4) is 0 Å². The number of hydrogen-bond acceptors (Lipinski definition) is 4. The molecular weight excluding hydrogens is 500 g/mol. The van der Waals surface area contributed by atoms with Crippen molar-refractivity contribution in [2.24, 2.45) is 4.99 Å². The average Bonchev–Trinajstić information content (AvgIpc) is 3.15. The van der Waals surface area contributed by atoms with E-state index in [9.17, 15) is 4.39 Å². The van der Waals surface area contributed by atoms with E-state index in [1.807, 2.05) is 25.1 Å². The molecule has 0 bridgehead atoms. The molecule has 2 aromatic rings. The van der Waals surface area contributed by atoms with Gasteiger partial charge in [-0.25, -0.2) is 9.38 Å². The van der Waals surface area contributed by atoms with E-state index in [1.165, 1.54) is 17.7 Å². The molecule has 1 atom stereocenters. The summed E-state index contributed by atoms with van der Waals surface area (Å²) >= 11 is 0. The predicted octanol–water partition coefficient (Wildman–Crippen LogP) is 3.41. The van der Waals surface area contributed by atoms with Gasteiger partial charge in [-0.1, -0.05) is 18.2 Å². The summed E-state index contributed by atoms with van der Waals surface area (Å²) in [5.41, 5.74) is 2.82. The van der Waals surface area contributed by atoms with Crippen molar-refractivity contribution in [3.8, 4) is 11.5 Å². The Bertz CT molecular complexity index is 869. The number of fused-ring (bicyclic) bond motifs is 2. The Morgan fingerprint density at radius 1 is 1.20 bits per heavy atom. The summed E-state index contributed by atoms with van der Waals surface area (Å²) in [4.78, 5) is 4.66. The molecule has 6 nitrogen and oxygen atoms in total. The van der Waals surface area contributed by atoms with Crippen molar-refractivity contribution in [3.63, 3.8) is 0 Å². The number of aliphatic imine (C=N–C) groups is 1. The van der Waals surface area contributed by atoms with Crippen LogP contribution in [-0.2, 0) is 24.2 Å². The Balaban J connectivity index is 0.00000256. The van der Waals surface area contributed by atoms with Crippen molar-refractivity contribution in [2.75, 3.05) is 26.4 Å². The predicted molar refractivity (Wildman–Crippen MR) is 124 cm³/mol. The molecule has 2 aliphatic heterocycles. The number of nitrogens with zero attached hydrogens (tertiary/aromatic N) is 1. The van der Waals surface area contributed by atoms with Crippen molar-refractivity contribution >= 4 is 29.9 Å². The number of hydrogen-bond donors (Lipinski definition) is 2. The van der Waals surface area contributed by atoms with Crippen LogP contribution in [0.5, 0.6) is 11.5 Å². The fraction of sp³-hybridized carbons (Fsp3) is 0.409. The van der Waals surface area contributed by atoms with Gasteiger partial charge in [-0.3, -0.25) is 0 Å². The molecule has 2 aliphatic rings. The normalized spacial score (nSPS) is 17.1. The quantitative estimate of drug-likeness (QED) is 0.343. The smallest absolute Gasteiger partial charge is 0.191 e. The lowest BCUT2D eigenvalue weighted by atomic mass is 10.1. The average molecular weight is 527 g/mol. The number of rotatable bonds is 6. The van der Waals surface area contributed by atoms with Crippen LogP contribution in [0, 0.1) is 5.82 Å². The number of halogens is 2. The van der Waals surface area contributed by atoms with E-state index in [2.05, 4.69) is 21.7 Å². The minimum atomic E-state index is -0.272. The maximum Gasteiger partial charge on any atom is 0.191 e. The van der Waals surface area contributed by atoms with E-state index in [1.54, 1.807) is 0 Å². The molecule has 0 fully saturated rings. The van der Waals surface area contributed by atoms with Crippen LogP contribution in [0.4, 0.5) is 4.39 Å². The van der Waals surface area contributed by atoms with Crippen molar-refractivity contribution < 1.29 is 18.6 Å². The minimum Gasteiger partial charge on any atom is -0.488 e. The molecule has 0 amide bonds. The first-order valence-electron chi connectivity index (χ1n) is 10.0. The monoisotopic (exact) mass is 527 g/mol. The molecule has 0 radical (unpaired) electrons. The molecular formula is C22H27FIN3O3. The number of guanidine groups is 1. The van der Waals surface area contributed by atoms with Crippen LogP contribution in [0.15, 0.2) is 41.4 Å². The minimum absolute atomic E-state index is 0. The van der Waals surface area contributed by atoms with Crippen LogP contribution in [0.2, 0.25) is 0 Å². The molecule has 2 N–H and O–H groups in total. The van der Waals surface area contributed by atoms with Crippen molar-refractivity contribution in [2.45, 2.75) is 32.5 Å². The zero-order valence-electron chi connectivity index (χ0n) is 16.9. The van der Waals surface area contributed by atoms with E-state index in [0.29, 0.717) is 26.1 Å². The number of para-hydroxylation sites is 1. The van der Waals surface area contributed by atoms with Crippen LogP contribution < -0.4 is 20.1 Å². The molecule has 0 spiro atoms. The SMILES string of the molecule is CCNC(=NCC1Cc2ccccc2O1)NCCc1cc(F)cc2c1OCOC2.I. The second-order valence-corrected chi connectivity index (χ2v) is 7.11. The summed E-state index contributed by atoms with van der Waals surface area (Å²) < 4.78 is 30.7. The van der Waals surface area contributed by atoms with Crippen LogP contribution in [0.25, 0.3) is 0 Å². The standard InChI is InChI=1S/C22H26FN3O3.HI/c1-2-24-22(26-12-19-11-15-5-3-4-6-20(15)29-19)25-8-7-16-9-18(23)10-17-13-27-14-28-21(16)17;/h3-6,9-10,19H,2,7-8,11-14H2,1H3,(H2,24,25,26);1H.